The number of benzene rings is 3. The van der Waals surface area contributed by atoms with Gasteiger partial charge in [0, 0.05) is 14.2 Å². The average molecular weight is 823 g/mol. The molecule has 0 fully saturated rings. The van der Waals surface area contributed by atoms with Gasteiger partial charge in [0.15, 0.2) is 0 Å². The van der Waals surface area contributed by atoms with Crippen LogP contribution in [0.5, 0.6) is 0 Å². The smallest absolute Gasteiger partial charge is 0.0718 e. The zero-order chi connectivity index (χ0) is 41.1. The van der Waals surface area contributed by atoms with Crippen LogP contribution in [0.1, 0.15) is 22.3 Å². The molecular formula is C44H70O14. The molecule has 0 atom stereocenters. The minimum absolute atomic E-state index is 0.503. The molecule has 0 heterocycles. The molecule has 14 nitrogen and oxygen atoms in total. The quantitative estimate of drug-likeness (QED) is 0.0557. The third kappa shape index (κ3) is 22.3. The summed E-state index contributed by atoms with van der Waals surface area (Å²) in [7, 11) is 3.33. The Labute approximate surface area is 345 Å². The lowest BCUT2D eigenvalue weighted by molar-refractivity contribution is -0.0282. The third-order valence-electron chi connectivity index (χ3n) is 8.91. The van der Waals surface area contributed by atoms with Crippen LogP contribution in [0.15, 0.2) is 36.4 Å². The molecule has 0 amide bonds. The van der Waals surface area contributed by atoms with Crippen LogP contribution in [-0.4, -0.2) is 173 Å². The summed E-state index contributed by atoms with van der Waals surface area (Å²) >= 11 is 0. The predicted molar refractivity (Wildman–Crippen MR) is 222 cm³/mol. The molecule has 0 aliphatic rings. The average Bonchev–Trinajstić information content (AvgIpc) is 3.24. The zero-order valence-electron chi connectivity index (χ0n) is 35.6. The van der Waals surface area contributed by atoms with E-state index in [4.69, 9.17) is 66.3 Å². The molecule has 0 aromatic heterocycles. The van der Waals surface area contributed by atoms with Gasteiger partial charge < -0.3 is 66.3 Å². The van der Waals surface area contributed by atoms with Gasteiger partial charge in [-0.25, -0.2) is 0 Å². The Hall–Kier alpha value is -2.38. The highest BCUT2D eigenvalue weighted by atomic mass is 16.6. The fourth-order valence-corrected chi connectivity index (χ4v) is 5.79. The standard InChI is InChI=1S/C44H70O14/c1-37-41-7-5-39(35-57-12-10-46-4)33-43(41)38(2)44-34-40(6-8-42(37)44)36-58-32-31-56-30-29-55-28-27-54-26-25-53-24-23-52-22-21-51-20-19-50-18-17-49-16-15-48-14-13-47-11-9-45-3/h5-8,33-34H,9-32,35-36H2,1-4H3. The van der Waals surface area contributed by atoms with Gasteiger partial charge in [0.25, 0.3) is 0 Å². The number of hydrogen-bond donors (Lipinski definition) is 0. The van der Waals surface area contributed by atoms with Crippen LogP contribution < -0.4 is 0 Å². The molecule has 14 heteroatoms. The van der Waals surface area contributed by atoms with Crippen molar-refractivity contribution in [3.63, 3.8) is 0 Å². The molecular weight excluding hydrogens is 752 g/mol. The van der Waals surface area contributed by atoms with Gasteiger partial charge in [-0.15, -0.1) is 0 Å². The number of ether oxygens (including phenoxy) is 14. The van der Waals surface area contributed by atoms with E-state index in [1.54, 1.807) is 14.2 Å². The van der Waals surface area contributed by atoms with E-state index >= 15 is 0 Å². The molecule has 0 aliphatic heterocycles. The summed E-state index contributed by atoms with van der Waals surface area (Å²) < 4.78 is 76.7. The second-order valence-corrected chi connectivity index (χ2v) is 13.2. The van der Waals surface area contributed by atoms with Gasteiger partial charge >= 0.3 is 0 Å². The van der Waals surface area contributed by atoms with Crippen LogP contribution in [0.4, 0.5) is 0 Å². The predicted octanol–water partition coefficient (Wildman–Crippen LogP) is 5.10. The fourth-order valence-electron chi connectivity index (χ4n) is 5.79. The van der Waals surface area contributed by atoms with Crippen molar-refractivity contribution >= 4 is 21.5 Å². The van der Waals surface area contributed by atoms with Crippen LogP contribution in [0.2, 0.25) is 0 Å². The van der Waals surface area contributed by atoms with Crippen molar-refractivity contribution in [2.24, 2.45) is 0 Å². The molecule has 0 radical (unpaired) electrons. The first-order valence-electron chi connectivity index (χ1n) is 20.5. The maximum absolute atomic E-state index is 5.92. The van der Waals surface area contributed by atoms with E-state index in [-0.39, 0.29) is 0 Å². The number of methoxy groups -OCH3 is 2. The highest BCUT2D eigenvalue weighted by Crippen LogP contribution is 2.33. The highest BCUT2D eigenvalue weighted by molar-refractivity contribution is 6.05. The molecule has 0 saturated carbocycles. The van der Waals surface area contributed by atoms with Gasteiger partial charge in [-0.05, 0) is 69.8 Å². The first kappa shape index (κ1) is 50.0. The number of hydrogen-bond acceptors (Lipinski definition) is 14. The van der Waals surface area contributed by atoms with Crippen LogP contribution >= 0.6 is 0 Å². The molecule has 0 saturated heterocycles. The topological polar surface area (TPSA) is 129 Å². The van der Waals surface area contributed by atoms with Crippen molar-refractivity contribution in [3.05, 3.63) is 58.7 Å². The summed E-state index contributed by atoms with van der Waals surface area (Å²) in [5, 5.41) is 5.06. The minimum atomic E-state index is 0.503. The van der Waals surface area contributed by atoms with Crippen molar-refractivity contribution in [1.29, 1.82) is 0 Å². The normalized spacial score (nSPS) is 11.8. The van der Waals surface area contributed by atoms with Gasteiger partial charge in [0.1, 0.15) is 0 Å². The summed E-state index contributed by atoms with van der Waals surface area (Å²) in [6.07, 6.45) is 0. The van der Waals surface area contributed by atoms with Crippen LogP contribution in [0.3, 0.4) is 0 Å². The Bertz CT molecular complexity index is 1440. The molecule has 0 spiro atoms. The van der Waals surface area contributed by atoms with Gasteiger partial charge in [0.2, 0.25) is 0 Å². The van der Waals surface area contributed by atoms with E-state index < -0.39 is 0 Å². The van der Waals surface area contributed by atoms with Crippen LogP contribution in [0.25, 0.3) is 21.5 Å². The molecule has 0 bridgehead atoms. The van der Waals surface area contributed by atoms with E-state index in [0.717, 1.165) is 11.1 Å². The second kappa shape index (κ2) is 34.3. The molecule has 3 rings (SSSR count). The highest BCUT2D eigenvalue weighted by Gasteiger charge is 2.11. The molecule has 0 aliphatic carbocycles. The van der Waals surface area contributed by atoms with Crippen molar-refractivity contribution in [2.75, 3.05) is 173 Å². The van der Waals surface area contributed by atoms with E-state index in [1.165, 1.54) is 32.7 Å². The van der Waals surface area contributed by atoms with Crippen molar-refractivity contribution < 1.29 is 66.3 Å². The van der Waals surface area contributed by atoms with E-state index in [2.05, 4.69) is 50.2 Å². The van der Waals surface area contributed by atoms with Gasteiger partial charge in [-0.1, -0.05) is 24.3 Å². The Morgan fingerprint density at radius 2 is 0.500 bits per heavy atom. The minimum Gasteiger partial charge on any atom is -0.382 e. The summed E-state index contributed by atoms with van der Waals surface area (Å²) in [5.74, 6) is 0. The Balaban J connectivity index is 1.05. The summed E-state index contributed by atoms with van der Waals surface area (Å²) in [6.45, 7) is 18.1. The first-order valence-corrected chi connectivity index (χ1v) is 20.5. The first-order chi connectivity index (χ1) is 28.7. The summed E-state index contributed by atoms with van der Waals surface area (Å²) in [5.41, 5.74) is 4.86. The molecule has 58 heavy (non-hydrogen) atoms. The fraction of sp³-hybridized carbons (Fsp3) is 0.682. The maximum atomic E-state index is 5.92. The number of rotatable bonds is 40. The van der Waals surface area contributed by atoms with Gasteiger partial charge in [0.05, 0.1) is 172 Å². The Morgan fingerprint density at radius 3 is 0.776 bits per heavy atom. The van der Waals surface area contributed by atoms with E-state index in [9.17, 15) is 0 Å². The number of fused-ring (bicyclic) bond motifs is 2. The molecule has 330 valence electrons. The Morgan fingerprint density at radius 1 is 0.276 bits per heavy atom. The van der Waals surface area contributed by atoms with Crippen LogP contribution in [0, 0.1) is 13.8 Å². The molecule has 0 unspecified atom stereocenters. The van der Waals surface area contributed by atoms with Gasteiger partial charge in [-0.2, -0.15) is 0 Å². The molecule has 0 N–H and O–H groups in total. The largest absolute Gasteiger partial charge is 0.382 e. The molecule has 3 aromatic carbocycles. The third-order valence-corrected chi connectivity index (χ3v) is 8.91. The van der Waals surface area contributed by atoms with Crippen molar-refractivity contribution in [2.45, 2.75) is 27.1 Å². The van der Waals surface area contributed by atoms with E-state index in [0.29, 0.717) is 172 Å². The lowest BCUT2D eigenvalue weighted by Crippen LogP contribution is -2.15. The molecule has 3 aromatic rings. The monoisotopic (exact) mass is 822 g/mol. The van der Waals surface area contributed by atoms with Crippen LogP contribution in [-0.2, 0) is 79.5 Å². The van der Waals surface area contributed by atoms with Gasteiger partial charge in [-0.3, -0.25) is 0 Å². The zero-order valence-corrected chi connectivity index (χ0v) is 35.6. The summed E-state index contributed by atoms with van der Waals surface area (Å²) in [4.78, 5) is 0. The van der Waals surface area contributed by atoms with E-state index in [1.807, 2.05) is 0 Å². The Kier molecular flexibility index (Phi) is 29.6. The SMILES string of the molecule is COCCOCCOCCOCCOCCOCCOCCOCCOCCOCCOCCOCc1ccc2c(C)c3ccc(COCCOC)cc3c(C)c2c1. The lowest BCUT2D eigenvalue weighted by atomic mass is 9.91. The summed E-state index contributed by atoms with van der Waals surface area (Å²) in [6, 6.07) is 13.2. The number of aryl methyl sites for hydroxylation is 2. The van der Waals surface area contributed by atoms with Crippen molar-refractivity contribution in [3.8, 4) is 0 Å². The van der Waals surface area contributed by atoms with Crippen molar-refractivity contribution in [1.82, 2.24) is 0 Å². The second-order valence-electron chi connectivity index (χ2n) is 13.2. The maximum Gasteiger partial charge on any atom is 0.0718 e. The lowest BCUT2D eigenvalue weighted by Gasteiger charge is -2.15.